The first-order chi connectivity index (χ1) is 12.2. The van der Waals surface area contributed by atoms with Gasteiger partial charge in [0.05, 0.1) is 12.0 Å². The molecule has 138 valence electrons. The summed E-state index contributed by atoms with van der Waals surface area (Å²) in [4.78, 5) is 3.70. The van der Waals surface area contributed by atoms with Gasteiger partial charge in [-0.2, -0.15) is 0 Å². The molecule has 26 heavy (non-hydrogen) atoms. The van der Waals surface area contributed by atoms with Gasteiger partial charge in [0.2, 0.25) is 0 Å². The second kappa shape index (κ2) is 6.46. The van der Waals surface area contributed by atoms with Crippen LogP contribution in [0.2, 0.25) is 0 Å². The van der Waals surface area contributed by atoms with Crippen LogP contribution >= 0.6 is 0 Å². The highest BCUT2D eigenvalue weighted by atomic mass is 16.3. The zero-order chi connectivity index (χ0) is 19.2. The normalized spacial score (nSPS) is 19.3. The van der Waals surface area contributed by atoms with Crippen molar-refractivity contribution in [3.63, 3.8) is 0 Å². The van der Waals surface area contributed by atoms with Gasteiger partial charge in [0.1, 0.15) is 17.3 Å². The molecule has 2 unspecified atom stereocenters. The molecule has 4 N–H and O–H groups in total. The zero-order valence-corrected chi connectivity index (χ0v) is 15.3. The van der Waals surface area contributed by atoms with E-state index in [4.69, 9.17) is 0 Å². The first-order valence-electron chi connectivity index (χ1n) is 8.34. The Morgan fingerprint density at radius 3 is 1.77 bits per heavy atom. The molecule has 0 fully saturated rings. The van der Waals surface area contributed by atoms with Gasteiger partial charge in [-0.25, -0.2) is 0 Å². The number of anilines is 2. The number of phenols is 2. The molecule has 0 radical (unpaired) electrons. The number of aliphatic hydroxyl groups is 2. The molecule has 0 saturated heterocycles. The molecule has 2 atom stereocenters. The largest absolute Gasteiger partial charge is 0.511 e. The summed E-state index contributed by atoms with van der Waals surface area (Å²) in [6.07, 6.45) is -1.01. The molecule has 0 spiro atoms. The summed E-state index contributed by atoms with van der Waals surface area (Å²) in [5, 5.41) is 41.7. The quantitative estimate of drug-likeness (QED) is 0.674. The van der Waals surface area contributed by atoms with E-state index in [0.717, 1.165) is 11.4 Å². The van der Waals surface area contributed by atoms with Crippen LogP contribution in [0, 0.1) is 0 Å². The fourth-order valence-corrected chi connectivity index (χ4v) is 3.25. The molecular weight excluding hydrogens is 332 g/mol. The molecule has 0 saturated carbocycles. The van der Waals surface area contributed by atoms with Crippen molar-refractivity contribution < 1.29 is 20.4 Å². The SMILES string of the molecule is CN(C)c1ccc(C2=C(O)C(c3ccc(N(C)C)cc3O)C2O)c(O)c1. The number of aromatic hydroxyl groups is 2. The van der Waals surface area contributed by atoms with Gasteiger partial charge < -0.3 is 30.2 Å². The third kappa shape index (κ3) is 2.82. The number of nitrogens with zero attached hydrogens (tertiary/aromatic N) is 2. The number of hydrogen-bond donors (Lipinski definition) is 4. The molecule has 6 heteroatoms. The Bertz CT molecular complexity index is 874. The minimum atomic E-state index is -1.01. The summed E-state index contributed by atoms with van der Waals surface area (Å²) in [5.74, 6) is -0.757. The van der Waals surface area contributed by atoms with Crippen molar-refractivity contribution in [2.24, 2.45) is 0 Å². The minimum Gasteiger partial charge on any atom is -0.511 e. The molecule has 1 aliphatic carbocycles. The van der Waals surface area contributed by atoms with E-state index in [2.05, 4.69) is 0 Å². The average Bonchev–Trinajstić information content (AvgIpc) is 2.58. The van der Waals surface area contributed by atoms with E-state index >= 15 is 0 Å². The minimum absolute atomic E-state index is 0.0116. The predicted octanol–water partition coefficient (Wildman–Crippen LogP) is 2.66. The van der Waals surface area contributed by atoms with Gasteiger partial charge in [-0.15, -0.1) is 0 Å². The van der Waals surface area contributed by atoms with Crippen molar-refractivity contribution in [2.45, 2.75) is 12.0 Å². The summed E-state index contributed by atoms with van der Waals surface area (Å²) >= 11 is 0. The van der Waals surface area contributed by atoms with E-state index in [1.807, 2.05) is 44.1 Å². The molecule has 2 aromatic rings. The second-order valence-corrected chi connectivity index (χ2v) is 6.95. The lowest BCUT2D eigenvalue weighted by Gasteiger charge is -2.36. The Balaban J connectivity index is 1.97. The summed E-state index contributed by atoms with van der Waals surface area (Å²) in [6, 6.07) is 10.2. The summed E-state index contributed by atoms with van der Waals surface area (Å²) < 4.78 is 0. The van der Waals surface area contributed by atoms with Crippen LogP contribution in [0.15, 0.2) is 42.2 Å². The van der Waals surface area contributed by atoms with Crippen molar-refractivity contribution in [1.82, 2.24) is 0 Å². The summed E-state index contributed by atoms with van der Waals surface area (Å²) in [6.45, 7) is 0. The van der Waals surface area contributed by atoms with E-state index in [0.29, 0.717) is 11.1 Å². The highest BCUT2D eigenvalue weighted by Crippen LogP contribution is 2.50. The van der Waals surface area contributed by atoms with E-state index < -0.39 is 12.0 Å². The molecule has 1 aliphatic rings. The Hall–Kier alpha value is -2.86. The van der Waals surface area contributed by atoms with Crippen LogP contribution in [0.25, 0.3) is 5.57 Å². The smallest absolute Gasteiger partial charge is 0.125 e. The molecular formula is C20H24N2O4. The van der Waals surface area contributed by atoms with E-state index in [1.54, 1.807) is 30.3 Å². The van der Waals surface area contributed by atoms with Crippen LogP contribution < -0.4 is 9.80 Å². The molecule has 0 aliphatic heterocycles. The maximum absolute atomic E-state index is 10.6. The topological polar surface area (TPSA) is 87.4 Å². The van der Waals surface area contributed by atoms with Crippen LogP contribution in [-0.4, -0.2) is 54.7 Å². The molecule has 0 amide bonds. The zero-order valence-electron chi connectivity index (χ0n) is 15.3. The third-order valence-corrected chi connectivity index (χ3v) is 4.84. The fourth-order valence-electron chi connectivity index (χ4n) is 3.25. The van der Waals surface area contributed by atoms with Crippen molar-refractivity contribution in [3.8, 4) is 11.5 Å². The average molecular weight is 356 g/mol. The van der Waals surface area contributed by atoms with Crippen molar-refractivity contribution in [1.29, 1.82) is 0 Å². The molecule has 0 aromatic heterocycles. The Kier molecular flexibility index (Phi) is 4.46. The first kappa shape index (κ1) is 17.9. The van der Waals surface area contributed by atoms with Crippen molar-refractivity contribution in [3.05, 3.63) is 53.3 Å². The number of hydrogen-bond acceptors (Lipinski definition) is 6. The molecule has 2 aromatic carbocycles. The van der Waals surface area contributed by atoms with Gasteiger partial charge in [-0.05, 0) is 18.2 Å². The van der Waals surface area contributed by atoms with Crippen molar-refractivity contribution >= 4 is 16.9 Å². The molecule has 0 heterocycles. The van der Waals surface area contributed by atoms with E-state index in [-0.39, 0.29) is 22.8 Å². The maximum Gasteiger partial charge on any atom is 0.125 e. The van der Waals surface area contributed by atoms with Gasteiger partial charge in [-0.3, -0.25) is 0 Å². The number of phenolic OH excluding ortho intramolecular Hbond substituents is 2. The van der Waals surface area contributed by atoms with Gasteiger partial charge in [0, 0.05) is 68.4 Å². The lowest BCUT2D eigenvalue weighted by atomic mass is 9.73. The van der Waals surface area contributed by atoms with Gasteiger partial charge in [0.25, 0.3) is 0 Å². The Labute approximate surface area is 152 Å². The summed E-state index contributed by atoms with van der Waals surface area (Å²) in [5.41, 5.74) is 2.76. The number of benzene rings is 2. The predicted molar refractivity (Wildman–Crippen MR) is 103 cm³/mol. The van der Waals surface area contributed by atoms with Crippen LogP contribution in [0.4, 0.5) is 11.4 Å². The van der Waals surface area contributed by atoms with Crippen molar-refractivity contribution in [2.75, 3.05) is 38.0 Å². The van der Waals surface area contributed by atoms with Crippen LogP contribution in [-0.2, 0) is 0 Å². The Morgan fingerprint density at radius 1 is 0.769 bits per heavy atom. The standard InChI is InChI=1S/C20H24N2O4/c1-21(2)11-5-7-13(15(23)9-11)17-19(25)18(20(17)26)14-8-6-12(22(3)4)10-16(14)24/h5-10,17,19,23-26H,1-4H3. The lowest BCUT2D eigenvalue weighted by Crippen LogP contribution is -2.33. The summed E-state index contributed by atoms with van der Waals surface area (Å²) in [7, 11) is 7.45. The highest BCUT2D eigenvalue weighted by molar-refractivity contribution is 5.83. The van der Waals surface area contributed by atoms with Gasteiger partial charge >= 0.3 is 0 Å². The van der Waals surface area contributed by atoms with Gasteiger partial charge in [-0.1, -0.05) is 6.07 Å². The highest BCUT2D eigenvalue weighted by Gasteiger charge is 2.43. The Morgan fingerprint density at radius 2 is 1.31 bits per heavy atom. The fraction of sp³-hybridized carbons (Fsp3) is 0.300. The lowest BCUT2D eigenvalue weighted by molar-refractivity contribution is 0.151. The molecule has 0 bridgehead atoms. The third-order valence-electron chi connectivity index (χ3n) is 4.84. The second-order valence-electron chi connectivity index (χ2n) is 6.95. The number of aliphatic hydroxyl groups excluding tert-OH is 2. The maximum atomic E-state index is 10.6. The van der Waals surface area contributed by atoms with E-state index in [1.165, 1.54) is 0 Å². The van der Waals surface area contributed by atoms with Crippen LogP contribution in [0.1, 0.15) is 17.0 Å². The van der Waals surface area contributed by atoms with Gasteiger partial charge in [0.15, 0.2) is 0 Å². The number of rotatable bonds is 4. The molecule has 3 rings (SSSR count). The van der Waals surface area contributed by atoms with Crippen LogP contribution in [0.5, 0.6) is 11.5 Å². The van der Waals surface area contributed by atoms with E-state index in [9.17, 15) is 20.4 Å². The molecule has 6 nitrogen and oxygen atoms in total. The van der Waals surface area contributed by atoms with Crippen LogP contribution in [0.3, 0.4) is 0 Å². The first-order valence-corrected chi connectivity index (χ1v) is 8.34. The monoisotopic (exact) mass is 356 g/mol.